The first kappa shape index (κ1) is 13.9. The molecule has 1 saturated heterocycles. The van der Waals surface area contributed by atoms with E-state index in [9.17, 15) is 4.79 Å². The number of rotatable bonds is 2. The van der Waals surface area contributed by atoms with Gasteiger partial charge in [0.2, 0.25) is 0 Å². The average Bonchev–Trinajstić information content (AvgIpc) is 3.22. The number of H-pyrrole nitrogens is 1. The van der Waals surface area contributed by atoms with E-state index in [1.165, 1.54) is 0 Å². The summed E-state index contributed by atoms with van der Waals surface area (Å²) in [6.07, 6.45) is 2.77. The Morgan fingerprint density at radius 3 is 2.96 bits per heavy atom. The van der Waals surface area contributed by atoms with Crippen LogP contribution >= 0.6 is 0 Å². The lowest BCUT2D eigenvalue weighted by Crippen LogP contribution is -2.29. The number of likely N-dealkylation sites (tertiary alicyclic amines) is 1. The van der Waals surface area contributed by atoms with Gasteiger partial charge in [-0.05, 0) is 25.5 Å². The monoisotopic (exact) mass is 306 g/mol. The quantitative estimate of drug-likeness (QED) is 0.792. The highest BCUT2D eigenvalue weighted by Crippen LogP contribution is 2.26. The van der Waals surface area contributed by atoms with Crippen molar-refractivity contribution in [2.75, 3.05) is 13.1 Å². The molecule has 1 fully saturated rings. The predicted molar refractivity (Wildman–Crippen MR) is 88.3 cm³/mol. The molecule has 2 aromatic heterocycles. The van der Waals surface area contributed by atoms with E-state index in [1.54, 1.807) is 0 Å². The predicted octanol–water partition coefficient (Wildman–Crippen LogP) is 2.90. The maximum Gasteiger partial charge on any atom is 0.272 e. The summed E-state index contributed by atoms with van der Waals surface area (Å²) in [6, 6.07) is 11.6. The molecule has 1 aliphatic heterocycles. The standard InChI is InChI=1S/C18H18N4O/c1-12-10-19-17(20-12)14-8-9-22(11-14)18(23)16-7-6-13-4-2-3-5-15(13)21-16/h2-7,10,14H,8-9,11H2,1H3,(H,19,20). The molecule has 3 heterocycles. The molecule has 1 N–H and O–H groups in total. The van der Waals surface area contributed by atoms with Crippen LogP contribution in [-0.2, 0) is 0 Å². The number of aromatic amines is 1. The van der Waals surface area contributed by atoms with E-state index in [2.05, 4.69) is 15.0 Å². The summed E-state index contributed by atoms with van der Waals surface area (Å²) < 4.78 is 0. The van der Waals surface area contributed by atoms with Crippen LogP contribution in [0.25, 0.3) is 10.9 Å². The molecule has 5 heteroatoms. The number of hydrogen-bond donors (Lipinski definition) is 1. The molecule has 116 valence electrons. The average molecular weight is 306 g/mol. The number of nitrogens with one attached hydrogen (secondary N) is 1. The van der Waals surface area contributed by atoms with Gasteiger partial charge in [0.1, 0.15) is 11.5 Å². The van der Waals surface area contributed by atoms with Crippen LogP contribution in [-0.4, -0.2) is 38.8 Å². The van der Waals surface area contributed by atoms with E-state index < -0.39 is 0 Å². The molecule has 1 aliphatic rings. The Labute approximate surface area is 134 Å². The Hall–Kier alpha value is -2.69. The van der Waals surface area contributed by atoms with Gasteiger partial charge in [0.15, 0.2) is 0 Å². The largest absolute Gasteiger partial charge is 0.346 e. The van der Waals surface area contributed by atoms with Gasteiger partial charge in [-0.1, -0.05) is 24.3 Å². The fourth-order valence-electron chi connectivity index (χ4n) is 3.16. The first-order valence-electron chi connectivity index (χ1n) is 7.87. The Morgan fingerprint density at radius 1 is 1.26 bits per heavy atom. The van der Waals surface area contributed by atoms with Gasteiger partial charge in [-0.15, -0.1) is 0 Å². The number of nitrogens with zero attached hydrogens (tertiary/aromatic N) is 3. The normalized spacial score (nSPS) is 17.8. The number of para-hydroxylation sites is 1. The Kier molecular flexibility index (Phi) is 3.33. The maximum atomic E-state index is 12.7. The van der Waals surface area contributed by atoms with E-state index >= 15 is 0 Å². The number of aromatic nitrogens is 3. The number of hydrogen-bond acceptors (Lipinski definition) is 3. The molecule has 0 saturated carbocycles. The highest BCUT2D eigenvalue weighted by atomic mass is 16.2. The maximum absolute atomic E-state index is 12.7. The molecule has 1 unspecified atom stereocenters. The molecule has 1 amide bonds. The number of carbonyl (C=O) groups excluding carboxylic acids is 1. The zero-order valence-electron chi connectivity index (χ0n) is 13.0. The SMILES string of the molecule is Cc1cnc(C2CCN(C(=O)c3ccc4ccccc4n3)C2)[nH]1. The van der Waals surface area contributed by atoms with Crippen molar-refractivity contribution >= 4 is 16.8 Å². The van der Waals surface area contributed by atoms with E-state index in [0.717, 1.165) is 35.4 Å². The van der Waals surface area contributed by atoms with Crippen LogP contribution in [0.4, 0.5) is 0 Å². The Bertz CT molecular complexity index is 870. The Balaban J connectivity index is 1.54. The van der Waals surface area contributed by atoms with Crippen molar-refractivity contribution in [3.63, 3.8) is 0 Å². The molecular weight excluding hydrogens is 288 g/mol. The van der Waals surface area contributed by atoms with Crippen molar-refractivity contribution in [1.29, 1.82) is 0 Å². The summed E-state index contributed by atoms with van der Waals surface area (Å²) in [6.45, 7) is 3.44. The number of pyridine rings is 1. The van der Waals surface area contributed by atoms with E-state index in [1.807, 2.05) is 54.4 Å². The molecule has 5 nitrogen and oxygen atoms in total. The summed E-state index contributed by atoms with van der Waals surface area (Å²) in [5.41, 5.74) is 2.43. The minimum Gasteiger partial charge on any atom is -0.346 e. The van der Waals surface area contributed by atoms with E-state index in [-0.39, 0.29) is 11.8 Å². The molecule has 23 heavy (non-hydrogen) atoms. The van der Waals surface area contributed by atoms with E-state index in [4.69, 9.17) is 0 Å². The number of carbonyl (C=O) groups is 1. The molecule has 3 aromatic rings. The molecule has 1 aromatic carbocycles. The lowest BCUT2D eigenvalue weighted by molar-refractivity contribution is 0.0785. The summed E-state index contributed by atoms with van der Waals surface area (Å²) in [5, 5.41) is 1.05. The second kappa shape index (κ2) is 5.50. The molecule has 4 rings (SSSR count). The van der Waals surface area contributed by atoms with Gasteiger partial charge in [-0.25, -0.2) is 9.97 Å². The summed E-state index contributed by atoms with van der Waals surface area (Å²) >= 11 is 0. The zero-order valence-corrected chi connectivity index (χ0v) is 13.0. The second-order valence-electron chi connectivity index (χ2n) is 6.08. The topological polar surface area (TPSA) is 61.9 Å². The van der Waals surface area contributed by atoms with Crippen molar-refractivity contribution in [2.24, 2.45) is 0 Å². The highest BCUT2D eigenvalue weighted by Gasteiger charge is 2.30. The molecule has 1 atom stereocenters. The van der Waals surface area contributed by atoms with Crippen LogP contribution in [0.1, 0.15) is 34.3 Å². The lowest BCUT2D eigenvalue weighted by Gasteiger charge is -2.15. The van der Waals surface area contributed by atoms with Gasteiger partial charge in [0.25, 0.3) is 5.91 Å². The van der Waals surface area contributed by atoms with Gasteiger partial charge >= 0.3 is 0 Å². The van der Waals surface area contributed by atoms with Crippen molar-refractivity contribution in [3.8, 4) is 0 Å². The Morgan fingerprint density at radius 2 is 2.13 bits per heavy atom. The van der Waals surface area contributed by atoms with Gasteiger partial charge in [-0.2, -0.15) is 0 Å². The summed E-state index contributed by atoms with van der Waals surface area (Å²) in [5.74, 6) is 1.26. The third-order valence-electron chi connectivity index (χ3n) is 4.40. The van der Waals surface area contributed by atoms with Crippen LogP contribution < -0.4 is 0 Å². The third kappa shape index (κ3) is 2.59. The molecule has 0 radical (unpaired) electrons. The van der Waals surface area contributed by atoms with Crippen molar-refractivity contribution < 1.29 is 4.79 Å². The minimum atomic E-state index is 0.00142. The van der Waals surface area contributed by atoms with Crippen LogP contribution in [0, 0.1) is 6.92 Å². The van der Waals surface area contributed by atoms with Gasteiger partial charge < -0.3 is 9.88 Å². The van der Waals surface area contributed by atoms with Gasteiger partial charge in [0.05, 0.1) is 5.52 Å². The smallest absolute Gasteiger partial charge is 0.272 e. The fraction of sp³-hybridized carbons (Fsp3) is 0.278. The van der Waals surface area contributed by atoms with Gasteiger partial charge in [-0.3, -0.25) is 4.79 Å². The van der Waals surface area contributed by atoms with Crippen LogP contribution in [0.15, 0.2) is 42.6 Å². The van der Waals surface area contributed by atoms with Crippen LogP contribution in [0.3, 0.4) is 0 Å². The first-order valence-corrected chi connectivity index (χ1v) is 7.87. The second-order valence-corrected chi connectivity index (χ2v) is 6.08. The molecule has 0 spiro atoms. The van der Waals surface area contributed by atoms with Crippen LogP contribution in [0.5, 0.6) is 0 Å². The first-order chi connectivity index (χ1) is 11.2. The molecule has 0 aliphatic carbocycles. The summed E-state index contributed by atoms with van der Waals surface area (Å²) in [4.78, 5) is 26.8. The molecular formula is C18H18N4O. The number of imidazole rings is 1. The zero-order chi connectivity index (χ0) is 15.8. The number of benzene rings is 1. The van der Waals surface area contributed by atoms with E-state index in [0.29, 0.717) is 12.2 Å². The van der Waals surface area contributed by atoms with Crippen molar-refractivity contribution in [3.05, 3.63) is 59.8 Å². The molecule has 0 bridgehead atoms. The summed E-state index contributed by atoms with van der Waals surface area (Å²) in [7, 11) is 0. The van der Waals surface area contributed by atoms with Crippen LogP contribution in [0.2, 0.25) is 0 Å². The lowest BCUT2D eigenvalue weighted by atomic mass is 10.1. The highest BCUT2D eigenvalue weighted by molar-refractivity contribution is 5.95. The number of fused-ring (bicyclic) bond motifs is 1. The fourth-order valence-corrected chi connectivity index (χ4v) is 3.16. The van der Waals surface area contributed by atoms with Crippen molar-refractivity contribution in [1.82, 2.24) is 19.9 Å². The van der Waals surface area contributed by atoms with Crippen molar-refractivity contribution in [2.45, 2.75) is 19.3 Å². The number of aryl methyl sites for hydroxylation is 1. The third-order valence-corrected chi connectivity index (χ3v) is 4.40. The number of amides is 1. The van der Waals surface area contributed by atoms with Gasteiger partial charge in [0, 0.05) is 36.3 Å². The minimum absolute atomic E-state index is 0.00142.